The van der Waals surface area contributed by atoms with Crippen LogP contribution in [0, 0.1) is 16.0 Å². The minimum atomic E-state index is -0.861. The third-order valence-corrected chi connectivity index (χ3v) is 3.92. The fourth-order valence-electron chi connectivity index (χ4n) is 2.60. The molecule has 0 aromatic heterocycles. The van der Waals surface area contributed by atoms with Crippen molar-refractivity contribution in [1.29, 1.82) is 0 Å². The molecule has 2 N–H and O–H groups in total. The van der Waals surface area contributed by atoms with Gasteiger partial charge in [0.25, 0.3) is 5.69 Å². The zero-order valence-electron chi connectivity index (χ0n) is 13.5. The molecule has 0 bridgehead atoms. The summed E-state index contributed by atoms with van der Waals surface area (Å²) < 4.78 is 4.96. The Kier molecular flexibility index (Phi) is 5.81. The Hall–Kier alpha value is -2.81. The zero-order chi connectivity index (χ0) is 18.6. The van der Waals surface area contributed by atoms with Crippen molar-refractivity contribution >= 4 is 23.3 Å². The van der Waals surface area contributed by atoms with Crippen molar-refractivity contribution in [1.82, 2.24) is 5.32 Å². The van der Waals surface area contributed by atoms with E-state index in [-0.39, 0.29) is 24.6 Å². The van der Waals surface area contributed by atoms with Crippen LogP contribution in [0.25, 0.3) is 0 Å². The van der Waals surface area contributed by atoms with E-state index in [0.29, 0.717) is 5.56 Å². The van der Waals surface area contributed by atoms with Crippen molar-refractivity contribution in [2.45, 2.75) is 38.5 Å². The first-order chi connectivity index (χ1) is 11.8. The number of ketones is 1. The maximum absolute atomic E-state index is 11.9. The molecule has 25 heavy (non-hydrogen) atoms. The molecule has 0 saturated carbocycles. The topological polar surface area (TPSA) is 136 Å². The van der Waals surface area contributed by atoms with Crippen LogP contribution in [-0.2, 0) is 25.7 Å². The lowest BCUT2D eigenvalue weighted by atomic mass is 9.83. The number of rotatable bonds is 8. The quantitative estimate of drug-likeness (QED) is 0.229. The number of esters is 1. The van der Waals surface area contributed by atoms with E-state index in [4.69, 9.17) is 4.74 Å². The minimum Gasteiger partial charge on any atom is -0.460 e. The van der Waals surface area contributed by atoms with Gasteiger partial charge in [-0.25, -0.2) is 0 Å². The van der Waals surface area contributed by atoms with Crippen molar-refractivity contribution in [3.05, 3.63) is 39.9 Å². The predicted octanol–water partition coefficient (Wildman–Crippen LogP) is 0.483. The number of hydrogen-bond donors (Lipinski definition) is 2. The third-order valence-electron chi connectivity index (χ3n) is 3.92. The number of β-lactam (4-membered cyclic amide) rings is 1. The molecule has 1 aromatic rings. The summed E-state index contributed by atoms with van der Waals surface area (Å²) in [4.78, 5) is 44.8. The molecule has 0 aliphatic carbocycles. The lowest BCUT2D eigenvalue weighted by molar-refractivity contribution is -0.384. The number of benzene rings is 1. The lowest BCUT2D eigenvalue weighted by Gasteiger charge is -2.38. The molecule has 1 fully saturated rings. The molecule has 1 amide bonds. The van der Waals surface area contributed by atoms with E-state index < -0.39 is 41.2 Å². The van der Waals surface area contributed by atoms with Gasteiger partial charge in [-0.1, -0.05) is 0 Å². The van der Waals surface area contributed by atoms with Crippen molar-refractivity contribution in [3.63, 3.8) is 0 Å². The van der Waals surface area contributed by atoms with E-state index in [1.165, 1.54) is 31.2 Å². The molecule has 9 nitrogen and oxygen atoms in total. The number of nitro benzene ring substituents is 1. The molecule has 3 atom stereocenters. The Morgan fingerprint density at radius 3 is 2.52 bits per heavy atom. The van der Waals surface area contributed by atoms with E-state index in [0.717, 1.165) is 0 Å². The highest BCUT2D eigenvalue weighted by Crippen LogP contribution is 2.22. The highest BCUT2D eigenvalue weighted by atomic mass is 16.6. The summed E-state index contributed by atoms with van der Waals surface area (Å²) in [5.41, 5.74) is 0.493. The second kappa shape index (κ2) is 7.84. The van der Waals surface area contributed by atoms with Gasteiger partial charge in [-0.15, -0.1) is 0 Å². The van der Waals surface area contributed by atoms with Crippen LogP contribution in [0.15, 0.2) is 24.3 Å². The van der Waals surface area contributed by atoms with Crippen molar-refractivity contribution in [3.8, 4) is 0 Å². The first-order valence-electron chi connectivity index (χ1n) is 7.67. The average Bonchev–Trinajstić information content (AvgIpc) is 2.51. The van der Waals surface area contributed by atoms with Gasteiger partial charge in [0.2, 0.25) is 5.91 Å². The van der Waals surface area contributed by atoms with Gasteiger partial charge in [-0.05, 0) is 24.6 Å². The van der Waals surface area contributed by atoms with E-state index in [9.17, 15) is 29.6 Å². The van der Waals surface area contributed by atoms with Crippen LogP contribution in [-0.4, -0.2) is 39.8 Å². The van der Waals surface area contributed by atoms with Crippen LogP contribution in [0.4, 0.5) is 5.69 Å². The molecule has 0 spiro atoms. The summed E-state index contributed by atoms with van der Waals surface area (Å²) in [5.74, 6) is -2.07. The molecule has 1 heterocycles. The fraction of sp³-hybridized carbons (Fsp3) is 0.438. The number of amides is 1. The first-order valence-corrected chi connectivity index (χ1v) is 7.67. The van der Waals surface area contributed by atoms with Crippen molar-refractivity contribution < 1.29 is 29.2 Å². The van der Waals surface area contributed by atoms with Crippen molar-refractivity contribution in [2.75, 3.05) is 0 Å². The summed E-state index contributed by atoms with van der Waals surface area (Å²) in [6, 6.07) is 5.05. The van der Waals surface area contributed by atoms with Crippen LogP contribution in [0.3, 0.4) is 0 Å². The van der Waals surface area contributed by atoms with Crippen molar-refractivity contribution in [2.24, 2.45) is 5.92 Å². The van der Waals surface area contributed by atoms with Gasteiger partial charge in [0, 0.05) is 24.6 Å². The zero-order valence-corrected chi connectivity index (χ0v) is 13.5. The molecule has 9 heteroatoms. The van der Waals surface area contributed by atoms with E-state index in [2.05, 4.69) is 5.32 Å². The number of ether oxygens (including phenoxy) is 1. The number of nitrogens with one attached hydrogen (secondary N) is 1. The number of nitro groups is 1. The predicted molar refractivity (Wildman–Crippen MR) is 84.2 cm³/mol. The van der Waals surface area contributed by atoms with Gasteiger partial charge >= 0.3 is 5.97 Å². The number of non-ortho nitro benzene ring substituents is 1. The molecule has 0 unspecified atom stereocenters. The lowest BCUT2D eigenvalue weighted by Crippen LogP contribution is -2.62. The number of nitrogens with zero attached hydrogens (tertiary/aromatic N) is 1. The minimum absolute atomic E-state index is 0.0477. The van der Waals surface area contributed by atoms with E-state index in [1.54, 1.807) is 0 Å². The Bertz CT molecular complexity index is 684. The number of aliphatic hydroxyl groups excluding tert-OH is 1. The number of Topliss-reactive ketones (excluding diaryl/α,β-unsaturated/α-hetero) is 1. The maximum Gasteiger partial charge on any atom is 0.313 e. The fourth-order valence-corrected chi connectivity index (χ4v) is 2.60. The smallest absolute Gasteiger partial charge is 0.313 e. The Morgan fingerprint density at radius 1 is 1.36 bits per heavy atom. The molecule has 1 aliphatic heterocycles. The molecule has 1 aliphatic rings. The monoisotopic (exact) mass is 350 g/mol. The maximum atomic E-state index is 11.9. The number of hydrogen-bond acceptors (Lipinski definition) is 7. The molecular weight excluding hydrogens is 332 g/mol. The highest BCUT2D eigenvalue weighted by Gasteiger charge is 2.43. The molecule has 2 rings (SSSR count). The molecular formula is C16H18N2O7. The van der Waals surface area contributed by atoms with E-state index >= 15 is 0 Å². The SMILES string of the molecule is C[C@@H](O)[C@H]1C(=O)N[C@@H]1CC(=O)CC(=O)OCc1ccc([N+](=O)[O-])cc1. The normalized spacial score (nSPS) is 20.2. The van der Waals surface area contributed by atoms with Crippen LogP contribution in [0.5, 0.6) is 0 Å². The second-order valence-corrected chi connectivity index (χ2v) is 5.89. The van der Waals surface area contributed by atoms with Crippen LogP contribution in [0.2, 0.25) is 0 Å². The third kappa shape index (κ3) is 4.83. The molecule has 134 valence electrons. The van der Waals surface area contributed by atoms with Crippen LogP contribution >= 0.6 is 0 Å². The average molecular weight is 350 g/mol. The largest absolute Gasteiger partial charge is 0.460 e. The van der Waals surface area contributed by atoms with Crippen LogP contribution in [0.1, 0.15) is 25.3 Å². The Morgan fingerprint density at radius 2 is 2.00 bits per heavy atom. The first kappa shape index (κ1) is 18.5. The summed E-state index contributed by atoms with van der Waals surface area (Å²) >= 11 is 0. The Labute approximate surface area is 143 Å². The number of carbonyl (C=O) groups is 3. The van der Waals surface area contributed by atoms with Gasteiger partial charge in [-0.3, -0.25) is 24.5 Å². The van der Waals surface area contributed by atoms with Gasteiger partial charge in [0.05, 0.1) is 16.9 Å². The summed E-state index contributed by atoms with van der Waals surface area (Å²) in [6.45, 7) is 1.37. The number of carbonyl (C=O) groups excluding carboxylic acids is 3. The molecule has 1 aromatic carbocycles. The van der Waals surface area contributed by atoms with Gasteiger partial charge in [0.1, 0.15) is 18.8 Å². The Balaban J connectivity index is 1.75. The highest BCUT2D eigenvalue weighted by molar-refractivity contribution is 5.97. The second-order valence-electron chi connectivity index (χ2n) is 5.89. The van der Waals surface area contributed by atoms with E-state index in [1.807, 2.05) is 0 Å². The summed E-state index contributed by atoms with van der Waals surface area (Å²) in [5, 5.41) is 22.5. The molecule has 1 saturated heterocycles. The molecule has 0 radical (unpaired) electrons. The standard InChI is InChI=1S/C16H18N2O7/c1-9(19)15-13(17-16(15)22)6-12(20)7-14(21)25-8-10-2-4-11(5-3-10)18(23)24/h2-5,9,13,15,19H,6-8H2,1H3,(H,17,22)/t9-,13-,15-/m1/s1. The summed E-state index contributed by atoms with van der Waals surface area (Å²) in [6.07, 6.45) is -1.35. The van der Waals surface area contributed by atoms with Gasteiger partial charge in [0.15, 0.2) is 0 Å². The summed E-state index contributed by atoms with van der Waals surface area (Å²) in [7, 11) is 0. The van der Waals surface area contributed by atoms with Gasteiger partial charge in [-0.2, -0.15) is 0 Å². The number of aliphatic hydroxyl groups is 1. The van der Waals surface area contributed by atoms with Gasteiger partial charge < -0.3 is 15.2 Å². The van der Waals surface area contributed by atoms with Crippen LogP contribution < -0.4 is 5.32 Å².